The van der Waals surface area contributed by atoms with Crippen molar-refractivity contribution in [2.75, 3.05) is 0 Å². The maximum Gasteiger partial charge on any atom is 0.121 e. The van der Waals surface area contributed by atoms with Gasteiger partial charge in [0.15, 0.2) is 0 Å². The van der Waals surface area contributed by atoms with E-state index in [0.29, 0.717) is 25.7 Å². The van der Waals surface area contributed by atoms with Crippen molar-refractivity contribution in [2.24, 2.45) is 11.3 Å². The van der Waals surface area contributed by atoms with E-state index in [-0.39, 0.29) is 5.92 Å². The Kier molecular flexibility index (Phi) is 4.09. The number of aliphatic hydroxyl groups excluding tert-OH is 3. The number of allylic oxidation sites excluding steroid dienone is 1. The van der Waals surface area contributed by atoms with Crippen molar-refractivity contribution >= 4 is 10.8 Å². The van der Waals surface area contributed by atoms with Crippen molar-refractivity contribution in [1.82, 2.24) is 4.98 Å². The predicted octanol–water partition coefficient (Wildman–Crippen LogP) is 2.88. The van der Waals surface area contributed by atoms with Crippen LogP contribution in [0.4, 0.5) is 0 Å². The molecule has 8 atom stereocenters. The molecule has 1 aromatic heterocycles. The lowest BCUT2D eigenvalue weighted by atomic mass is 9.56. The van der Waals surface area contributed by atoms with Gasteiger partial charge in [-0.1, -0.05) is 31.2 Å². The topological polar surface area (TPSA) is 103 Å². The highest BCUT2D eigenvalue weighted by atomic mass is 16.5. The molecule has 6 heteroatoms. The lowest BCUT2D eigenvalue weighted by Gasteiger charge is -2.55. The molecule has 34 heavy (non-hydrogen) atoms. The third-order valence-electron chi connectivity index (χ3n) is 10.1. The molecule has 7 rings (SSSR count). The van der Waals surface area contributed by atoms with Gasteiger partial charge in [-0.2, -0.15) is 0 Å². The second-order valence-electron chi connectivity index (χ2n) is 11.5. The highest BCUT2D eigenvalue weighted by Crippen LogP contribution is 2.70. The Morgan fingerprint density at radius 2 is 1.91 bits per heavy atom. The Morgan fingerprint density at radius 1 is 1.06 bits per heavy atom. The Bertz CT molecular complexity index is 1270. The standard InChI is InChI=1S/C28H31NO5/c1-25-6-4-18-11-20-12-21(30)22(31)14-26(20)7-8-27(18,34-26)23(25)13-24(32)28(25,33)19-3-2-16-5-9-29-15-17(16)10-19/h2-5,9-11,15,21-24,30-33H,6-8,12-14H2,1H3/t21-,22+,23-,24-,25+,26-,27?,28-/m1/s1. The number of pyridine rings is 1. The van der Waals surface area contributed by atoms with Crippen LogP contribution in [0.3, 0.4) is 0 Å². The van der Waals surface area contributed by atoms with Gasteiger partial charge < -0.3 is 25.2 Å². The Balaban J connectivity index is 1.36. The predicted molar refractivity (Wildman–Crippen MR) is 126 cm³/mol. The zero-order valence-electron chi connectivity index (χ0n) is 19.3. The summed E-state index contributed by atoms with van der Waals surface area (Å²) in [4.78, 5) is 4.24. The van der Waals surface area contributed by atoms with E-state index in [9.17, 15) is 20.4 Å². The summed E-state index contributed by atoms with van der Waals surface area (Å²) in [5, 5.41) is 46.5. The molecule has 3 aliphatic carbocycles. The number of hydrogen-bond acceptors (Lipinski definition) is 6. The molecule has 3 fully saturated rings. The SMILES string of the molecule is C[C@]12CC=C3C=C4C[C@@H](O)[C@@H](O)C[C@]45CCC3(O5)[C@@H]1C[C@@H](O)[C@]2(O)c1ccc2ccncc2c1. The van der Waals surface area contributed by atoms with Gasteiger partial charge in [0.2, 0.25) is 0 Å². The van der Waals surface area contributed by atoms with Gasteiger partial charge in [-0.05, 0) is 66.3 Å². The van der Waals surface area contributed by atoms with Crippen LogP contribution in [0.2, 0.25) is 0 Å². The summed E-state index contributed by atoms with van der Waals surface area (Å²) in [6.45, 7) is 2.09. The fourth-order valence-corrected chi connectivity index (χ4v) is 8.21. The van der Waals surface area contributed by atoms with Gasteiger partial charge >= 0.3 is 0 Å². The average molecular weight is 462 g/mol. The van der Waals surface area contributed by atoms with Crippen LogP contribution in [0.5, 0.6) is 0 Å². The third-order valence-corrected chi connectivity index (χ3v) is 10.1. The third kappa shape index (κ3) is 2.36. The second kappa shape index (κ2) is 6.56. The summed E-state index contributed by atoms with van der Waals surface area (Å²) in [5.74, 6) is -0.0780. The highest BCUT2D eigenvalue weighted by molar-refractivity contribution is 5.82. The van der Waals surface area contributed by atoms with Crippen molar-refractivity contribution in [2.45, 2.75) is 80.6 Å². The molecular weight excluding hydrogens is 430 g/mol. The molecule has 2 bridgehead atoms. The van der Waals surface area contributed by atoms with Gasteiger partial charge in [0.1, 0.15) is 5.60 Å². The van der Waals surface area contributed by atoms with Crippen LogP contribution in [0, 0.1) is 11.3 Å². The van der Waals surface area contributed by atoms with Crippen molar-refractivity contribution < 1.29 is 25.2 Å². The van der Waals surface area contributed by atoms with E-state index < -0.39 is 40.5 Å². The lowest BCUT2D eigenvalue weighted by molar-refractivity contribution is -0.182. The molecule has 1 unspecified atom stereocenters. The van der Waals surface area contributed by atoms with Crippen molar-refractivity contribution in [3.8, 4) is 0 Å². The van der Waals surface area contributed by atoms with Crippen LogP contribution < -0.4 is 0 Å². The van der Waals surface area contributed by atoms with E-state index in [1.807, 2.05) is 24.3 Å². The van der Waals surface area contributed by atoms with Crippen molar-refractivity contribution in [1.29, 1.82) is 0 Å². The maximum absolute atomic E-state index is 12.3. The number of aliphatic hydroxyl groups is 4. The molecule has 2 aliphatic heterocycles. The minimum atomic E-state index is -1.43. The van der Waals surface area contributed by atoms with E-state index in [4.69, 9.17) is 4.74 Å². The fourth-order valence-electron chi connectivity index (χ4n) is 8.21. The largest absolute Gasteiger partial charge is 0.390 e. The number of hydrogen-bond donors (Lipinski definition) is 4. The molecule has 2 aromatic rings. The summed E-state index contributed by atoms with van der Waals surface area (Å²) in [6.07, 6.45) is 8.88. The summed E-state index contributed by atoms with van der Waals surface area (Å²) >= 11 is 0. The van der Waals surface area contributed by atoms with Gasteiger partial charge in [0, 0.05) is 35.5 Å². The molecule has 2 saturated carbocycles. The molecular formula is C28H31NO5. The normalized spacial score (nSPS) is 47.0. The van der Waals surface area contributed by atoms with E-state index >= 15 is 0 Å². The van der Waals surface area contributed by atoms with Gasteiger partial charge in [-0.3, -0.25) is 4.98 Å². The molecule has 5 aliphatic rings. The molecule has 0 radical (unpaired) electrons. The Hall–Kier alpha value is -2.09. The van der Waals surface area contributed by atoms with Crippen molar-refractivity contribution in [3.05, 3.63) is 65.5 Å². The molecule has 0 amide bonds. The van der Waals surface area contributed by atoms with Crippen LogP contribution in [-0.2, 0) is 10.3 Å². The molecule has 178 valence electrons. The van der Waals surface area contributed by atoms with Crippen molar-refractivity contribution in [3.63, 3.8) is 0 Å². The molecule has 3 heterocycles. The number of ether oxygens (including phenoxy) is 1. The number of aromatic nitrogens is 1. The van der Waals surface area contributed by atoms with Crippen LogP contribution in [0.25, 0.3) is 10.8 Å². The summed E-state index contributed by atoms with van der Waals surface area (Å²) in [7, 11) is 0. The van der Waals surface area contributed by atoms with Gasteiger partial charge in [0.25, 0.3) is 0 Å². The smallest absolute Gasteiger partial charge is 0.121 e. The van der Waals surface area contributed by atoms with Gasteiger partial charge in [-0.25, -0.2) is 0 Å². The number of nitrogens with zero attached hydrogens (tertiary/aromatic N) is 1. The average Bonchev–Trinajstić information content (AvgIpc) is 3.26. The van der Waals surface area contributed by atoms with Gasteiger partial charge in [-0.15, -0.1) is 0 Å². The molecule has 1 aromatic carbocycles. The first kappa shape index (κ1) is 21.2. The molecule has 1 saturated heterocycles. The van der Waals surface area contributed by atoms with Crippen LogP contribution in [0.15, 0.2) is 60.0 Å². The zero-order chi connectivity index (χ0) is 23.5. The molecule has 6 nitrogen and oxygen atoms in total. The monoisotopic (exact) mass is 461 g/mol. The van der Waals surface area contributed by atoms with Crippen LogP contribution in [0.1, 0.15) is 51.0 Å². The summed E-state index contributed by atoms with van der Waals surface area (Å²) in [5.41, 5.74) is -0.310. The number of fused-ring (bicyclic) bond motifs is 2. The minimum Gasteiger partial charge on any atom is -0.390 e. The molecule has 4 N–H and O–H groups in total. The van der Waals surface area contributed by atoms with E-state index in [1.54, 1.807) is 12.4 Å². The first-order valence-electron chi connectivity index (χ1n) is 12.4. The minimum absolute atomic E-state index is 0.0780. The van der Waals surface area contributed by atoms with E-state index in [1.165, 1.54) is 0 Å². The van der Waals surface area contributed by atoms with E-state index in [0.717, 1.165) is 40.3 Å². The summed E-state index contributed by atoms with van der Waals surface area (Å²) < 4.78 is 6.99. The number of rotatable bonds is 1. The van der Waals surface area contributed by atoms with E-state index in [2.05, 4.69) is 24.1 Å². The second-order valence-corrected chi connectivity index (χ2v) is 11.5. The maximum atomic E-state index is 12.3. The lowest BCUT2D eigenvalue weighted by Crippen LogP contribution is -2.58. The first-order chi connectivity index (χ1) is 16.2. The highest BCUT2D eigenvalue weighted by Gasteiger charge is 2.72. The Morgan fingerprint density at radius 3 is 2.76 bits per heavy atom. The molecule has 2 spiro atoms. The number of benzene rings is 1. The first-order valence-corrected chi connectivity index (χ1v) is 12.4. The fraction of sp³-hybridized carbons (Fsp3) is 0.536. The van der Waals surface area contributed by atoms with Crippen LogP contribution in [-0.4, -0.2) is 54.9 Å². The van der Waals surface area contributed by atoms with Gasteiger partial charge in [0.05, 0.1) is 29.5 Å². The van der Waals surface area contributed by atoms with Crippen LogP contribution >= 0.6 is 0 Å². The summed E-state index contributed by atoms with van der Waals surface area (Å²) in [6, 6.07) is 7.83. The Labute approximate surface area is 198 Å². The zero-order valence-corrected chi connectivity index (χ0v) is 19.3. The quantitative estimate of drug-likeness (QED) is 0.521.